The Morgan fingerprint density at radius 3 is 2.00 bits per heavy atom. The first-order chi connectivity index (χ1) is 5.69. The third-order valence-electron chi connectivity index (χ3n) is 2.85. The van der Waals surface area contributed by atoms with Gasteiger partial charge in [-0.1, -0.05) is 13.8 Å². The predicted molar refractivity (Wildman–Crippen MR) is 50.1 cm³/mol. The summed E-state index contributed by atoms with van der Waals surface area (Å²) in [6.07, 6.45) is 2.00. The smallest absolute Gasteiger partial charge is 0.141 e. The molecule has 1 saturated heterocycles. The van der Waals surface area contributed by atoms with Crippen molar-refractivity contribution in [3.05, 3.63) is 0 Å². The summed E-state index contributed by atoms with van der Waals surface area (Å²) in [4.78, 5) is 14.0. The molecule has 70 valence electrons. The van der Waals surface area contributed by atoms with E-state index in [0.29, 0.717) is 17.6 Å². The van der Waals surface area contributed by atoms with Gasteiger partial charge < -0.3 is 4.90 Å². The molecule has 2 heteroatoms. The Morgan fingerprint density at radius 2 is 1.67 bits per heavy atom. The molecule has 0 saturated carbocycles. The third-order valence-corrected chi connectivity index (χ3v) is 2.85. The van der Waals surface area contributed by atoms with Crippen LogP contribution in [0.4, 0.5) is 0 Å². The van der Waals surface area contributed by atoms with Crippen molar-refractivity contribution >= 4 is 5.78 Å². The van der Waals surface area contributed by atoms with Crippen LogP contribution < -0.4 is 0 Å². The number of carbonyl (C=O) groups is 1. The van der Waals surface area contributed by atoms with Gasteiger partial charge in [-0.3, -0.25) is 4.79 Å². The minimum atomic E-state index is 0.300. The fourth-order valence-corrected chi connectivity index (χ4v) is 2.00. The lowest BCUT2D eigenvalue weighted by molar-refractivity contribution is -0.131. The van der Waals surface area contributed by atoms with Crippen molar-refractivity contribution in [2.24, 2.45) is 11.8 Å². The van der Waals surface area contributed by atoms with Gasteiger partial charge in [0.2, 0.25) is 0 Å². The lowest BCUT2D eigenvalue weighted by Crippen LogP contribution is -2.44. The molecular formula is C10H19NO. The molecule has 0 bridgehead atoms. The van der Waals surface area contributed by atoms with Gasteiger partial charge in [0.1, 0.15) is 5.78 Å². The monoisotopic (exact) mass is 169 g/mol. The molecule has 0 amide bonds. The van der Waals surface area contributed by atoms with Gasteiger partial charge in [-0.05, 0) is 19.9 Å². The van der Waals surface area contributed by atoms with Gasteiger partial charge in [0.25, 0.3) is 0 Å². The molecule has 12 heavy (non-hydrogen) atoms. The zero-order valence-corrected chi connectivity index (χ0v) is 8.34. The summed E-state index contributed by atoms with van der Waals surface area (Å²) < 4.78 is 0. The van der Waals surface area contributed by atoms with Gasteiger partial charge in [0, 0.05) is 24.9 Å². The molecule has 0 aromatic rings. The van der Waals surface area contributed by atoms with Crippen molar-refractivity contribution < 1.29 is 4.79 Å². The Hall–Kier alpha value is -0.370. The lowest BCUT2D eigenvalue weighted by atomic mass is 9.85. The standard InChI is InChI=1S/C10H19NO/c1-4-8-6-11(3)7-9(5-2)10(8)12/h8-9H,4-7H2,1-3H3. The van der Waals surface area contributed by atoms with Gasteiger partial charge in [0.05, 0.1) is 0 Å². The van der Waals surface area contributed by atoms with Crippen LogP contribution in [0.5, 0.6) is 0 Å². The molecular weight excluding hydrogens is 150 g/mol. The average molecular weight is 169 g/mol. The van der Waals surface area contributed by atoms with E-state index < -0.39 is 0 Å². The maximum atomic E-state index is 11.7. The number of likely N-dealkylation sites (tertiary alicyclic amines) is 1. The number of Topliss-reactive ketones (excluding diaryl/α,β-unsaturated/α-hetero) is 1. The summed E-state index contributed by atoms with van der Waals surface area (Å²) in [6, 6.07) is 0. The zero-order valence-electron chi connectivity index (χ0n) is 8.34. The first-order valence-corrected chi connectivity index (χ1v) is 4.91. The van der Waals surface area contributed by atoms with Crippen molar-refractivity contribution in [1.82, 2.24) is 4.90 Å². The molecule has 2 nitrogen and oxygen atoms in total. The van der Waals surface area contributed by atoms with Crippen molar-refractivity contribution in [3.8, 4) is 0 Å². The van der Waals surface area contributed by atoms with Crippen LogP contribution in [0, 0.1) is 11.8 Å². The maximum Gasteiger partial charge on any atom is 0.141 e. The minimum Gasteiger partial charge on any atom is -0.305 e. The first-order valence-electron chi connectivity index (χ1n) is 4.91. The molecule has 1 rings (SSSR count). The summed E-state index contributed by atoms with van der Waals surface area (Å²) in [5.74, 6) is 1.10. The second-order valence-corrected chi connectivity index (χ2v) is 3.83. The van der Waals surface area contributed by atoms with Gasteiger partial charge >= 0.3 is 0 Å². The van der Waals surface area contributed by atoms with Crippen LogP contribution in [0.1, 0.15) is 26.7 Å². The Bertz CT molecular complexity index is 151. The molecule has 1 aliphatic rings. The zero-order chi connectivity index (χ0) is 9.14. The quantitative estimate of drug-likeness (QED) is 0.625. The van der Waals surface area contributed by atoms with Gasteiger partial charge in [-0.15, -0.1) is 0 Å². The predicted octanol–water partition coefficient (Wildman–Crippen LogP) is 1.55. The Labute approximate surface area is 74.9 Å². The van der Waals surface area contributed by atoms with Crippen molar-refractivity contribution in [2.45, 2.75) is 26.7 Å². The van der Waals surface area contributed by atoms with Crippen LogP contribution in [-0.2, 0) is 4.79 Å². The average Bonchev–Trinajstić information content (AvgIpc) is 2.08. The van der Waals surface area contributed by atoms with Crippen LogP contribution in [-0.4, -0.2) is 30.8 Å². The number of hydrogen-bond acceptors (Lipinski definition) is 2. The maximum absolute atomic E-state index is 11.7. The molecule has 1 fully saturated rings. The Morgan fingerprint density at radius 1 is 1.25 bits per heavy atom. The van der Waals surface area contributed by atoms with Crippen LogP contribution in [0.2, 0.25) is 0 Å². The van der Waals surface area contributed by atoms with Crippen LogP contribution in [0.15, 0.2) is 0 Å². The topological polar surface area (TPSA) is 20.3 Å². The molecule has 0 aromatic heterocycles. The number of hydrogen-bond donors (Lipinski definition) is 0. The van der Waals surface area contributed by atoms with Crippen LogP contribution >= 0.6 is 0 Å². The highest BCUT2D eigenvalue weighted by Crippen LogP contribution is 2.21. The molecule has 2 unspecified atom stereocenters. The Balaban J connectivity index is 2.61. The molecule has 1 aliphatic heterocycles. The second kappa shape index (κ2) is 4.04. The van der Waals surface area contributed by atoms with Crippen molar-refractivity contribution in [1.29, 1.82) is 0 Å². The van der Waals surface area contributed by atoms with Crippen molar-refractivity contribution in [3.63, 3.8) is 0 Å². The molecule has 2 atom stereocenters. The van der Waals surface area contributed by atoms with E-state index >= 15 is 0 Å². The summed E-state index contributed by atoms with van der Waals surface area (Å²) in [7, 11) is 2.11. The highest BCUT2D eigenvalue weighted by Gasteiger charge is 2.31. The van der Waals surface area contributed by atoms with Crippen LogP contribution in [0.3, 0.4) is 0 Å². The number of rotatable bonds is 2. The summed E-state index contributed by atoms with van der Waals surface area (Å²) in [5, 5.41) is 0. The normalized spacial score (nSPS) is 32.4. The number of piperidine rings is 1. The number of ketones is 1. The molecule has 1 heterocycles. The summed E-state index contributed by atoms with van der Waals surface area (Å²) in [5.41, 5.74) is 0. The fourth-order valence-electron chi connectivity index (χ4n) is 2.00. The van der Waals surface area contributed by atoms with Gasteiger partial charge in [-0.2, -0.15) is 0 Å². The number of nitrogens with zero attached hydrogens (tertiary/aromatic N) is 1. The van der Waals surface area contributed by atoms with E-state index in [2.05, 4.69) is 25.8 Å². The highest BCUT2D eigenvalue weighted by atomic mass is 16.1. The molecule has 0 radical (unpaired) electrons. The lowest BCUT2D eigenvalue weighted by Gasteiger charge is -2.33. The summed E-state index contributed by atoms with van der Waals surface area (Å²) in [6.45, 7) is 6.14. The van der Waals surface area contributed by atoms with E-state index in [0.717, 1.165) is 25.9 Å². The van der Waals surface area contributed by atoms with Crippen molar-refractivity contribution in [2.75, 3.05) is 20.1 Å². The SMILES string of the molecule is CCC1CN(C)CC(CC)C1=O. The fraction of sp³-hybridized carbons (Fsp3) is 0.900. The van der Waals surface area contributed by atoms with E-state index in [9.17, 15) is 4.79 Å². The summed E-state index contributed by atoms with van der Waals surface area (Å²) >= 11 is 0. The largest absolute Gasteiger partial charge is 0.305 e. The van der Waals surface area contributed by atoms with E-state index in [1.165, 1.54) is 0 Å². The molecule has 0 spiro atoms. The van der Waals surface area contributed by atoms with Crippen LogP contribution in [0.25, 0.3) is 0 Å². The van der Waals surface area contributed by atoms with Gasteiger partial charge in [-0.25, -0.2) is 0 Å². The minimum absolute atomic E-state index is 0.300. The molecule has 0 aromatic carbocycles. The molecule has 0 N–H and O–H groups in total. The van der Waals surface area contributed by atoms with E-state index in [-0.39, 0.29) is 0 Å². The third kappa shape index (κ3) is 1.86. The van der Waals surface area contributed by atoms with E-state index in [4.69, 9.17) is 0 Å². The molecule has 0 aliphatic carbocycles. The second-order valence-electron chi connectivity index (χ2n) is 3.83. The number of carbonyl (C=O) groups excluding carboxylic acids is 1. The first kappa shape index (κ1) is 9.72. The van der Waals surface area contributed by atoms with Gasteiger partial charge in [0.15, 0.2) is 0 Å². The van der Waals surface area contributed by atoms with E-state index in [1.807, 2.05) is 0 Å². The Kier molecular flexibility index (Phi) is 3.27. The van der Waals surface area contributed by atoms with E-state index in [1.54, 1.807) is 0 Å². The highest BCUT2D eigenvalue weighted by molar-refractivity contribution is 5.84.